The van der Waals surface area contributed by atoms with Crippen molar-refractivity contribution in [3.63, 3.8) is 0 Å². The summed E-state index contributed by atoms with van der Waals surface area (Å²) < 4.78 is 37.5. The number of nitrogens with one attached hydrogen (secondary N) is 1. The van der Waals surface area contributed by atoms with Gasteiger partial charge in [-0.3, -0.25) is 0 Å². The Bertz CT molecular complexity index is 762. The van der Waals surface area contributed by atoms with Crippen molar-refractivity contribution in [3.8, 4) is 11.5 Å². The Kier molecular flexibility index (Phi) is 5.28. The second-order valence-electron chi connectivity index (χ2n) is 4.43. The predicted molar refractivity (Wildman–Crippen MR) is 85.0 cm³/mol. The number of benzene rings is 2. The Morgan fingerprint density at radius 2 is 1.82 bits per heavy atom. The van der Waals surface area contributed by atoms with Gasteiger partial charge >= 0.3 is 0 Å². The zero-order valence-corrected chi connectivity index (χ0v) is 13.7. The quantitative estimate of drug-likeness (QED) is 0.877. The van der Waals surface area contributed by atoms with E-state index in [9.17, 15) is 8.42 Å². The van der Waals surface area contributed by atoms with Crippen molar-refractivity contribution in [1.82, 2.24) is 4.72 Å². The molecule has 7 heteroatoms. The standard InChI is InChI=1S/C15H16ClNO4S/c1-20-12-7-8-15(14(9-12)21-2)22(18,19)17-10-11-5-3-4-6-13(11)16/h3-9,17H,10H2,1-2H3. The van der Waals surface area contributed by atoms with E-state index in [1.165, 1.54) is 26.4 Å². The van der Waals surface area contributed by atoms with E-state index in [-0.39, 0.29) is 17.2 Å². The van der Waals surface area contributed by atoms with Crippen LogP contribution >= 0.6 is 11.6 Å². The molecule has 2 aromatic carbocycles. The van der Waals surface area contributed by atoms with Gasteiger partial charge in [-0.1, -0.05) is 29.8 Å². The zero-order chi connectivity index (χ0) is 16.2. The maximum absolute atomic E-state index is 12.4. The van der Waals surface area contributed by atoms with Gasteiger partial charge in [0.05, 0.1) is 14.2 Å². The first kappa shape index (κ1) is 16.6. The van der Waals surface area contributed by atoms with Crippen LogP contribution in [-0.2, 0) is 16.6 Å². The Morgan fingerprint density at radius 3 is 2.45 bits per heavy atom. The summed E-state index contributed by atoms with van der Waals surface area (Å²) in [6.45, 7) is 0.0944. The van der Waals surface area contributed by atoms with Crippen LogP contribution in [0, 0.1) is 0 Å². The van der Waals surface area contributed by atoms with Crippen LogP contribution < -0.4 is 14.2 Å². The van der Waals surface area contributed by atoms with Crippen LogP contribution in [0.3, 0.4) is 0 Å². The SMILES string of the molecule is COc1ccc(S(=O)(=O)NCc2ccccc2Cl)c(OC)c1. The molecular weight excluding hydrogens is 326 g/mol. The van der Waals surface area contributed by atoms with Gasteiger partial charge in [-0.15, -0.1) is 0 Å². The average Bonchev–Trinajstić information content (AvgIpc) is 2.53. The van der Waals surface area contributed by atoms with Crippen molar-refractivity contribution >= 4 is 21.6 Å². The van der Waals surface area contributed by atoms with Crippen LogP contribution in [0.15, 0.2) is 47.4 Å². The molecule has 0 aliphatic rings. The fourth-order valence-electron chi connectivity index (χ4n) is 1.89. The lowest BCUT2D eigenvalue weighted by molar-refractivity contribution is 0.386. The maximum Gasteiger partial charge on any atom is 0.244 e. The maximum atomic E-state index is 12.4. The number of methoxy groups -OCH3 is 2. The molecule has 0 saturated carbocycles. The normalized spacial score (nSPS) is 11.2. The molecule has 1 N–H and O–H groups in total. The Balaban J connectivity index is 2.25. The van der Waals surface area contributed by atoms with Gasteiger partial charge in [-0.05, 0) is 23.8 Å². The number of sulfonamides is 1. The molecular formula is C15H16ClNO4S. The monoisotopic (exact) mass is 341 g/mol. The number of hydrogen-bond acceptors (Lipinski definition) is 4. The molecule has 0 unspecified atom stereocenters. The molecule has 0 heterocycles. The van der Waals surface area contributed by atoms with Gasteiger partial charge in [0.25, 0.3) is 0 Å². The van der Waals surface area contributed by atoms with E-state index in [2.05, 4.69) is 4.72 Å². The minimum absolute atomic E-state index is 0.0443. The summed E-state index contributed by atoms with van der Waals surface area (Å²) in [6, 6.07) is 11.6. The Morgan fingerprint density at radius 1 is 1.09 bits per heavy atom. The van der Waals surface area contributed by atoms with Crippen molar-refractivity contribution < 1.29 is 17.9 Å². The summed E-state index contributed by atoms with van der Waals surface area (Å²) in [5.41, 5.74) is 0.695. The summed E-state index contributed by atoms with van der Waals surface area (Å²) in [6.07, 6.45) is 0. The molecule has 0 aliphatic carbocycles. The molecule has 0 saturated heterocycles. The van der Waals surface area contributed by atoms with Crippen LogP contribution in [-0.4, -0.2) is 22.6 Å². The Hall–Kier alpha value is -1.76. The first-order valence-corrected chi connectivity index (χ1v) is 8.29. The van der Waals surface area contributed by atoms with Crippen LogP contribution in [0.5, 0.6) is 11.5 Å². The smallest absolute Gasteiger partial charge is 0.244 e. The molecule has 0 amide bonds. The molecule has 5 nitrogen and oxygen atoms in total. The highest BCUT2D eigenvalue weighted by molar-refractivity contribution is 7.89. The molecule has 0 radical (unpaired) electrons. The van der Waals surface area contributed by atoms with Gasteiger partial charge in [0.1, 0.15) is 16.4 Å². The molecule has 2 rings (SSSR count). The van der Waals surface area contributed by atoms with E-state index < -0.39 is 10.0 Å². The van der Waals surface area contributed by atoms with Crippen LogP contribution in [0.25, 0.3) is 0 Å². The van der Waals surface area contributed by atoms with E-state index in [1.807, 2.05) is 0 Å². The molecule has 118 valence electrons. The average molecular weight is 342 g/mol. The highest BCUT2D eigenvalue weighted by Crippen LogP contribution is 2.28. The van der Waals surface area contributed by atoms with E-state index in [4.69, 9.17) is 21.1 Å². The minimum atomic E-state index is -3.73. The van der Waals surface area contributed by atoms with Crippen molar-refractivity contribution in [2.45, 2.75) is 11.4 Å². The van der Waals surface area contributed by atoms with Gasteiger partial charge in [-0.2, -0.15) is 0 Å². The lowest BCUT2D eigenvalue weighted by Gasteiger charge is -2.12. The summed E-state index contributed by atoms with van der Waals surface area (Å²) >= 11 is 6.02. The van der Waals surface area contributed by atoms with Gasteiger partial charge in [0.2, 0.25) is 10.0 Å². The minimum Gasteiger partial charge on any atom is -0.497 e. The second kappa shape index (κ2) is 7.00. The largest absolute Gasteiger partial charge is 0.497 e. The van der Waals surface area contributed by atoms with Gasteiger partial charge in [-0.25, -0.2) is 13.1 Å². The lowest BCUT2D eigenvalue weighted by Crippen LogP contribution is -2.24. The summed E-state index contributed by atoms with van der Waals surface area (Å²) in [4.78, 5) is 0.0443. The third kappa shape index (κ3) is 3.71. The van der Waals surface area contributed by atoms with Crippen LogP contribution in [0.2, 0.25) is 5.02 Å². The van der Waals surface area contributed by atoms with Crippen molar-refractivity contribution in [2.24, 2.45) is 0 Å². The third-order valence-corrected chi connectivity index (χ3v) is 4.88. The first-order chi connectivity index (χ1) is 10.5. The summed E-state index contributed by atoms with van der Waals surface area (Å²) in [5, 5.41) is 0.506. The topological polar surface area (TPSA) is 64.6 Å². The van der Waals surface area contributed by atoms with Gasteiger partial charge in [0.15, 0.2) is 0 Å². The molecule has 2 aromatic rings. The summed E-state index contributed by atoms with van der Waals surface area (Å²) in [7, 11) is -0.829. The van der Waals surface area contributed by atoms with Crippen molar-refractivity contribution in [2.75, 3.05) is 14.2 Å². The molecule has 0 aromatic heterocycles. The summed E-state index contributed by atoms with van der Waals surface area (Å²) in [5.74, 6) is 0.730. The fraction of sp³-hybridized carbons (Fsp3) is 0.200. The molecule has 0 aliphatic heterocycles. The van der Waals surface area contributed by atoms with E-state index in [1.54, 1.807) is 30.3 Å². The Labute approximate surface area is 134 Å². The van der Waals surface area contributed by atoms with Crippen molar-refractivity contribution in [3.05, 3.63) is 53.1 Å². The second-order valence-corrected chi connectivity index (χ2v) is 6.58. The number of ether oxygens (including phenoxy) is 2. The highest BCUT2D eigenvalue weighted by atomic mass is 35.5. The molecule has 0 fully saturated rings. The number of rotatable bonds is 6. The third-order valence-electron chi connectivity index (χ3n) is 3.07. The molecule has 0 bridgehead atoms. The van der Waals surface area contributed by atoms with E-state index in [0.29, 0.717) is 16.3 Å². The van der Waals surface area contributed by atoms with Gasteiger partial charge < -0.3 is 9.47 Å². The van der Waals surface area contributed by atoms with E-state index in [0.717, 1.165) is 0 Å². The van der Waals surface area contributed by atoms with E-state index >= 15 is 0 Å². The molecule has 0 spiro atoms. The fourth-order valence-corrected chi connectivity index (χ4v) is 3.25. The van der Waals surface area contributed by atoms with Crippen molar-refractivity contribution in [1.29, 1.82) is 0 Å². The van der Waals surface area contributed by atoms with Crippen LogP contribution in [0.4, 0.5) is 0 Å². The number of halogens is 1. The zero-order valence-electron chi connectivity index (χ0n) is 12.2. The first-order valence-electron chi connectivity index (χ1n) is 6.43. The lowest BCUT2D eigenvalue weighted by atomic mass is 10.2. The van der Waals surface area contributed by atoms with Gasteiger partial charge in [0, 0.05) is 17.6 Å². The predicted octanol–water partition coefficient (Wildman–Crippen LogP) is 2.84. The van der Waals surface area contributed by atoms with Crippen LogP contribution in [0.1, 0.15) is 5.56 Å². The molecule has 0 atom stereocenters. The number of hydrogen-bond donors (Lipinski definition) is 1. The molecule has 22 heavy (non-hydrogen) atoms. The highest BCUT2D eigenvalue weighted by Gasteiger charge is 2.20.